The normalized spacial score (nSPS) is 11.8. The number of hydrogen-bond acceptors (Lipinski definition) is 5. The molecule has 0 aliphatic rings. The molecule has 1 amide bonds. The summed E-state index contributed by atoms with van der Waals surface area (Å²) in [6, 6.07) is 15.2. The lowest BCUT2D eigenvalue weighted by Gasteiger charge is -2.16. The van der Waals surface area contributed by atoms with Gasteiger partial charge in [-0.15, -0.1) is 10.2 Å². The van der Waals surface area contributed by atoms with Gasteiger partial charge in [0.1, 0.15) is 11.7 Å². The molecule has 0 fully saturated rings. The van der Waals surface area contributed by atoms with Gasteiger partial charge in [-0.05, 0) is 36.6 Å². The van der Waals surface area contributed by atoms with Crippen molar-refractivity contribution in [1.82, 2.24) is 20.6 Å². The highest BCUT2D eigenvalue weighted by atomic mass is 16.5. The van der Waals surface area contributed by atoms with Crippen molar-refractivity contribution >= 4 is 11.6 Å². The van der Waals surface area contributed by atoms with E-state index >= 15 is 0 Å². The van der Waals surface area contributed by atoms with Crippen LogP contribution in [0.5, 0.6) is 5.75 Å². The third-order valence-electron chi connectivity index (χ3n) is 4.01. The van der Waals surface area contributed by atoms with Gasteiger partial charge in [0.25, 0.3) is 0 Å². The topological polar surface area (TPSA) is 92.8 Å². The number of aromatic nitrogens is 4. The quantitative estimate of drug-likeness (QED) is 0.721. The molecule has 0 saturated carbocycles. The Morgan fingerprint density at radius 2 is 1.96 bits per heavy atom. The number of nitrogens with one attached hydrogen (secondary N) is 2. The van der Waals surface area contributed by atoms with E-state index < -0.39 is 5.92 Å². The molecule has 128 valence electrons. The molecule has 3 aromatic rings. The van der Waals surface area contributed by atoms with Crippen LogP contribution in [0.15, 0.2) is 48.5 Å². The van der Waals surface area contributed by atoms with Crippen molar-refractivity contribution in [2.75, 3.05) is 12.4 Å². The lowest BCUT2D eigenvalue weighted by Crippen LogP contribution is -2.24. The molecule has 3 rings (SSSR count). The Labute approximate surface area is 145 Å². The summed E-state index contributed by atoms with van der Waals surface area (Å²) in [5.41, 5.74) is 2.65. The zero-order valence-electron chi connectivity index (χ0n) is 14.1. The van der Waals surface area contributed by atoms with Crippen LogP contribution in [0.3, 0.4) is 0 Å². The third-order valence-corrected chi connectivity index (χ3v) is 4.01. The first-order valence-electron chi connectivity index (χ1n) is 7.90. The summed E-state index contributed by atoms with van der Waals surface area (Å²) >= 11 is 0. The number of anilines is 1. The Balaban J connectivity index is 1.88. The lowest BCUT2D eigenvalue weighted by molar-refractivity contribution is -0.117. The minimum atomic E-state index is -0.588. The van der Waals surface area contributed by atoms with Crippen molar-refractivity contribution in [3.63, 3.8) is 0 Å². The summed E-state index contributed by atoms with van der Waals surface area (Å²) in [7, 11) is 1.61. The number of benzene rings is 2. The van der Waals surface area contributed by atoms with Crippen molar-refractivity contribution in [3.8, 4) is 5.75 Å². The average molecular weight is 337 g/mol. The second-order valence-corrected chi connectivity index (χ2v) is 5.64. The highest BCUT2D eigenvalue weighted by Crippen LogP contribution is 2.26. The molecule has 7 heteroatoms. The number of H-pyrrole nitrogens is 1. The summed E-state index contributed by atoms with van der Waals surface area (Å²) in [5, 5.41) is 17.0. The van der Waals surface area contributed by atoms with E-state index in [9.17, 15) is 4.79 Å². The van der Waals surface area contributed by atoms with Gasteiger partial charge < -0.3 is 10.1 Å². The number of nitrogens with zero attached hydrogens (tertiary/aromatic N) is 3. The molecule has 1 atom stereocenters. The number of ether oxygens (including phenoxy) is 1. The van der Waals surface area contributed by atoms with Crippen molar-refractivity contribution < 1.29 is 9.53 Å². The number of carbonyl (C=O) groups is 1. The lowest BCUT2D eigenvalue weighted by atomic mass is 9.96. The number of hydrogen-bond donors (Lipinski definition) is 2. The SMILES string of the molecule is COc1ccccc1C[C@@H](C(=O)Nc1ccccc1C)c1nn[nH]n1. The summed E-state index contributed by atoms with van der Waals surface area (Å²) in [4.78, 5) is 12.9. The minimum absolute atomic E-state index is 0.193. The second-order valence-electron chi connectivity index (χ2n) is 5.64. The van der Waals surface area contributed by atoms with Crippen LogP contribution in [0.25, 0.3) is 0 Å². The van der Waals surface area contributed by atoms with E-state index in [-0.39, 0.29) is 5.91 Å². The summed E-state index contributed by atoms with van der Waals surface area (Å²) in [5.74, 6) is 0.285. The largest absolute Gasteiger partial charge is 0.496 e. The molecule has 0 unspecified atom stereocenters. The van der Waals surface area contributed by atoms with Gasteiger partial charge in [0.05, 0.1) is 7.11 Å². The van der Waals surface area contributed by atoms with E-state index in [2.05, 4.69) is 25.9 Å². The van der Waals surface area contributed by atoms with E-state index in [1.54, 1.807) is 7.11 Å². The molecule has 7 nitrogen and oxygen atoms in total. The van der Waals surface area contributed by atoms with Crippen molar-refractivity contribution in [3.05, 3.63) is 65.5 Å². The number of methoxy groups -OCH3 is 1. The fourth-order valence-electron chi connectivity index (χ4n) is 2.64. The average Bonchev–Trinajstić information content (AvgIpc) is 3.16. The maximum absolute atomic E-state index is 12.9. The number of amides is 1. The fourth-order valence-corrected chi connectivity index (χ4v) is 2.64. The van der Waals surface area contributed by atoms with Crippen molar-refractivity contribution in [2.24, 2.45) is 0 Å². The zero-order chi connectivity index (χ0) is 17.6. The van der Waals surface area contributed by atoms with Gasteiger partial charge in [-0.2, -0.15) is 5.21 Å². The number of rotatable bonds is 6. The Bertz CT molecular complexity index is 848. The van der Waals surface area contributed by atoms with E-state index in [1.165, 1.54) is 0 Å². The van der Waals surface area contributed by atoms with E-state index in [0.29, 0.717) is 12.2 Å². The van der Waals surface area contributed by atoms with Gasteiger partial charge >= 0.3 is 0 Å². The highest BCUT2D eigenvalue weighted by molar-refractivity contribution is 5.96. The maximum Gasteiger partial charge on any atom is 0.235 e. The molecule has 1 heterocycles. The molecule has 2 aromatic carbocycles. The smallest absolute Gasteiger partial charge is 0.235 e. The van der Waals surface area contributed by atoms with Crippen LogP contribution >= 0.6 is 0 Å². The number of tetrazole rings is 1. The van der Waals surface area contributed by atoms with Gasteiger partial charge in [0, 0.05) is 5.69 Å². The molecular formula is C18H19N5O2. The van der Waals surface area contributed by atoms with Crippen molar-refractivity contribution in [2.45, 2.75) is 19.3 Å². The van der Waals surface area contributed by atoms with Gasteiger partial charge in [0.15, 0.2) is 5.82 Å². The van der Waals surface area contributed by atoms with Crippen LogP contribution in [-0.2, 0) is 11.2 Å². The van der Waals surface area contributed by atoms with Crippen LogP contribution < -0.4 is 10.1 Å². The van der Waals surface area contributed by atoms with Gasteiger partial charge in [-0.25, -0.2) is 0 Å². The molecule has 0 saturated heterocycles. The second kappa shape index (κ2) is 7.57. The predicted molar refractivity (Wildman–Crippen MR) is 93.4 cm³/mol. The molecule has 1 aromatic heterocycles. The predicted octanol–water partition coefficient (Wildman–Crippen LogP) is 2.48. The van der Waals surface area contributed by atoms with E-state index in [0.717, 1.165) is 22.6 Å². The molecule has 0 spiro atoms. The van der Waals surface area contributed by atoms with Gasteiger partial charge in [-0.1, -0.05) is 41.6 Å². The summed E-state index contributed by atoms with van der Waals surface area (Å²) in [6.07, 6.45) is 0.404. The van der Waals surface area contributed by atoms with E-state index in [4.69, 9.17) is 4.74 Å². The van der Waals surface area contributed by atoms with E-state index in [1.807, 2.05) is 55.5 Å². The Morgan fingerprint density at radius 3 is 2.68 bits per heavy atom. The first-order chi connectivity index (χ1) is 12.2. The Hall–Kier alpha value is -3.22. The molecule has 0 bridgehead atoms. The molecule has 25 heavy (non-hydrogen) atoms. The highest BCUT2D eigenvalue weighted by Gasteiger charge is 2.26. The minimum Gasteiger partial charge on any atom is -0.496 e. The molecule has 2 N–H and O–H groups in total. The molecule has 0 aliphatic carbocycles. The summed E-state index contributed by atoms with van der Waals surface area (Å²) in [6.45, 7) is 1.94. The third kappa shape index (κ3) is 3.82. The maximum atomic E-state index is 12.9. The van der Waals surface area contributed by atoms with Crippen molar-refractivity contribution in [1.29, 1.82) is 0 Å². The number of aromatic amines is 1. The van der Waals surface area contributed by atoms with Crippen LogP contribution in [0.1, 0.15) is 22.9 Å². The van der Waals surface area contributed by atoms with Gasteiger partial charge in [0.2, 0.25) is 5.91 Å². The summed E-state index contributed by atoms with van der Waals surface area (Å²) < 4.78 is 5.38. The first-order valence-corrected chi connectivity index (χ1v) is 7.90. The molecule has 0 aliphatic heterocycles. The number of carbonyl (C=O) groups excluding carboxylic acids is 1. The van der Waals surface area contributed by atoms with Crippen LogP contribution in [0.2, 0.25) is 0 Å². The van der Waals surface area contributed by atoms with Crippen LogP contribution in [-0.4, -0.2) is 33.6 Å². The van der Waals surface area contributed by atoms with Crippen LogP contribution in [0.4, 0.5) is 5.69 Å². The Kier molecular flexibility index (Phi) is 5.03. The Morgan fingerprint density at radius 1 is 1.20 bits per heavy atom. The number of para-hydroxylation sites is 2. The first kappa shape index (κ1) is 16.6. The fraction of sp³-hybridized carbons (Fsp3) is 0.222. The van der Waals surface area contributed by atoms with Gasteiger partial charge in [-0.3, -0.25) is 4.79 Å². The van der Waals surface area contributed by atoms with Crippen LogP contribution in [0, 0.1) is 6.92 Å². The molecular weight excluding hydrogens is 318 g/mol. The molecule has 0 radical (unpaired) electrons. The zero-order valence-corrected chi connectivity index (χ0v) is 14.1. The number of aryl methyl sites for hydroxylation is 1. The standard InChI is InChI=1S/C18H19N5O2/c1-12-7-3-5-9-15(12)19-18(24)14(17-20-22-23-21-17)11-13-8-4-6-10-16(13)25-2/h3-10,14H,11H2,1-2H3,(H,19,24)(H,20,21,22,23)/t14-/m1/s1. The monoisotopic (exact) mass is 337 g/mol.